The Labute approximate surface area is 136 Å². The van der Waals surface area contributed by atoms with Crippen LogP contribution in [-0.2, 0) is 4.74 Å². The third-order valence-corrected chi connectivity index (χ3v) is 4.34. The lowest BCUT2D eigenvalue weighted by molar-refractivity contribution is 0.0949. The van der Waals surface area contributed by atoms with Crippen molar-refractivity contribution in [1.82, 2.24) is 15.3 Å². The average molecular weight is 316 g/mol. The van der Waals surface area contributed by atoms with Crippen molar-refractivity contribution in [1.29, 1.82) is 0 Å². The van der Waals surface area contributed by atoms with Gasteiger partial charge in [0.15, 0.2) is 0 Å². The fourth-order valence-corrected chi connectivity index (χ4v) is 3.00. The molecule has 0 aromatic carbocycles. The Bertz CT molecular complexity index is 567. The second kappa shape index (κ2) is 8.06. The number of anilines is 1. The zero-order valence-corrected chi connectivity index (χ0v) is 13.5. The number of amides is 1. The quantitative estimate of drug-likeness (QED) is 0.841. The first-order chi connectivity index (χ1) is 11.3. The predicted molar refractivity (Wildman–Crippen MR) is 88.6 cm³/mol. The highest BCUT2D eigenvalue weighted by atomic mass is 16.5. The SMILES string of the molecule is O=C(NCCC1=CCCCC1)c1cc(N2CCOCC2)ncn1. The first-order valence-corrected chi connectivity index (χ1v) is 8.44. The van der Waals surface area contributed by atoms with Gasteiger partial charge in [0.25, 0.3) is 5.91 Å². The monoisotopic (exact) mass is 316 g/mol. The number of nitrogens with one attached hydrogen (secondary N) is 1. The van der Waals surface area contributed by atoms with Crippen LogP contribution in [0.4, 0.5) is 5.82 Å². The van der Waals surface area contributed by atoms with Crippen molar-refractivity contribution in [3.05, 3.63) is 29.7 Å². The molecule has 1 aromatic rings. The number of carbonyl (C=O) groups excluding carboxylic acids is 1. The van der Waals surface area contributed by atoms with E-state index in [4.69, 9.17) is 4.74 Å². The smallest absolute Gasteiger partial charge is 0.270 e. The molecule has 0 saturated carbocycles. The van der Waals surface area contributed by atoms with Crippen LogP contribution in [0.25, 0.3) is 0 Å². The van der Waals surface area contributed by atoms with E-state index < -0.39 is 0 Å². The Morgan fingerprint density at radius 2 is 2.13 bits per heavy atom. The molecule has 124 valence electrons. The van der Waals surface area contributed by atoms with E-state index in [-0.39, 0.29) is 5.91 Å². The van der Waals surface area contributed by atoms with Gasteiger partial charge in [0.2, 0.25) is 0 Å². The Morgan fingerprint density at radius 3 is 2.91 bits per heavy atom. The number of rotatable bonds is 5. The molecule has 3 rings (SSSR count). The highest BCUT2D eigenvalue weighted by Gasteiger charge is 2.15. The molecule has 23 heavy (non-hydrogen) atoms. The Balaban J connectivity index is 1.53. The molecule has 1 fully saturated rings. The maximum atomic E-state index is 12.3. The van der Waals surface area contributed by atoms with Gasteiger partial charge in [-0.3, -0.25) is 4.79 Å². The molecule has 0 radical (unpaired) electrons. The summed E-state index contributed by atoms with van der Waals surface area (Å²) in [4.78, 5) is 22.8. The first kappa shape index (κ1) is 15.9. The van der Waals surface area contributed by atoms with Crippen LogP contribution in [-0.4, -0.2) is 48.7 Å². The topological polar surface area (TPSA) is 67.4 Å². The van der Waals surface area contributed by atoms with Gasteiger partial charge in [0, 0.05) is 25.7 Å². The van der Waals surface area contributed by atoms with Gasteiger partial charge in [-0.2, -0.15) is 0 Å². The minimum atomic E-state index is -0.127. The van der Waals surface area contributed by atoms with Crippen molar-refractivity contribution >= 4 is 11.7 Å². The highest BCUT2D eigenvalue weighted by molar-refractivity contribution is 5.92. The minimum absolute atomic E-state index is 0.127. The van der Waals surface area contributed by atoms with Crippen LogP contribution >= 0.6 is 0 Å². The molecule has 1 aliphatic heterocycles. The molecule has 2 heterocycles. The zero-order valence-electron chi connectivity index (χ0n) is 13.5. The van der Waals surface area contributed by atoms with Gasteiger partial charge in [0.05, 0.1) is 13.2 Å². The molecule has 1 amide bonds. The van der Waals surface area contributed by atoms with Gasteiger partial charge in [-0.1, -0.05) is 11.6 Å². The predicted octanol–water partition coefficient (Wildman–Crippen LogP) is 1.93. The third-order valence-electron chi connectivity index (χ3n) is 4.34. The fourth-order valence-electron chi connectivity index (χ4n) is 3.00. The van der Waals surface area contributed by atoms with Crippen LogP contribution in [0.15, 0.2) is 24.0 Å². The molecule has 1 aliphatic carbocycles. The lowest BCUT2D eigenvalue weighted by Gasteiger charge is -2.27. The maximum absolute atomic E-state index is 12.3. The van der Waals surface area contributed by atoms with Crippen LogP contribution in [0.5, 0.6) is 0 Å². The van der Waals surface area contributed by atoms with Crippen molar-refractivity contribution in [2.45, 2.75) is 32.1 Å². The Hall–Kier alpha value is -1.95. The van der Waals surface area contributed by atoms with Crippen LogP contribution in [0.1, 0.15) is 42.6 Å². The second-order valence-electron chi connectivity index (χ2n) is 5.97. The Kier molecular flexibility index (Phi) is 5.58. The normalized spacial score (nSPS) is 18.4. The first-order valence-electron chi connectivity index (χ1n) is 8.44. The van der Waals surface area contributed by atoms with E-state index in [0.29, 0.717) is 25.5 Å². The second-order valence-corrected chi connectivity index (χ2v) is 5.97. The number of allylic oxidation sites excluding steroid dienone is 1. The summed E-state index contributed by atoms with van der Waals surface area (Å²) in [5, 5.41) is 2.96. The molecule has 6 nitrogen and oxygen atoms in total. The maximum Gasteiger partial charge on any atom is 0.270 e. The number of aromatic nitrogens is 2. The van der Waals surface area contributed by atoms with E-state index in [1.165, 1.54) is 37.6 Å². The summed E-state index contributed by atoms with van der Waals surface area (Å²) in [6, 6.07) is 1.76. The summed E-state index contributed by atoms with van der Waals surface area (Å²) in [6.07, 6.45) is 9.63. The number of nitrogens with zero attached hydrogens (tertiary/aromatic N) is 3. The van der Waals surface area contributed by atoms with Crippen molar-refractivity contribution in [2.75, 3.05) is 37.7 Å². The van der Waals surface area contributed by atoms with Gasteiger partial charge in [0.1, 0.15) is 17.8 Å². The largest absolute Gasteiger partial charge is 0.378 e. The van der Waals surface area contributed by atoms with E-state index in [1.54, 1.807) is 6.07 Å². The van der Waals surface area contributed by atoms with Crippen molar-refractivity contribution in [3.8, 4) is 0 Å². The molecular weight excluding hydrogens is 292 g/mol. The molecule has 1 saturated heterocycles. The van der Waals surface area contributed by atoms with E-state index >= 15 is 0 Å². The number of hydrogen-bond acceptors (Lipinski definition) is 5. The molecule has 0 spiro atoms. The number of morpholine rings is 1. The summed E-state index contributed by atoms with van der Waals surface area (Å²) in [7, 11) is 0. The third kappa shape index (κ3) is 4.51. The van der Waals surface area contributed by atoms with Crippen LogP contribution in [0, 0.1) is 0 Å². The summed E-state index contributed by atoms with van der Waals surface area (Å²) < 4.78 is 5.34. The number of carbonyl (C=O) groups is 1. The van der Waals surface area contributed by atoms with E-state index in [0.717, 1.165) is 25.3 Å². The van der Waals surface area contributed by atoms with Crippen LogP contribution in [0.3, 0.4) is 0 Å². The van der Waals surface area contributed by atoms with Gasteiger partial charge in [-0.15, -0.1) is 0 Å². The van der Waals surface area contributed by atoms with Crippen molar-refractivity contribution < 1.29 is 9.53 Å². The summed E-state index contributed by atoms with van der Waals surface area (Å²) in [5.74, 6) is 0.668. The van der Waals surface area contributed by atoms with Crippen molar-refractivity contribution in [3.63, 3.8) is 0 Å². The minimum Gasteiger partial charge on any atom is -0.378 e. The van der Waals surface area contributed by atoms with E-state index in [1.807, 2.05) is 0 Å². The number of hydrogen-bond donors (Lipinski definition) is 1. The molecular formula is C17H24N4O2. The Morgan fingerprint density at radius 1 is 1.26 bits per heavy atom. The molecule has 0 unspecified atom stereocenters. The van der Waals surface area contributed by atoms with Crippen LogP contribution < -0.4 is 10.2 Å². The lowest BCUT2D eigenvalue weighted by atomic mass is 9.97. The molecule has 0 atom stereocenters. The summed E-state index contributed by atoms with van der Waals surface area (Å²) >= 11 is 0. The summed E-state index contributed by atoms with van der Waals surface area (Å²) in [5.41, 5.74) is 1.90. The number of ether oxygens (including phenoxy) is 1. The van der Waals surface area contributed by atoms with Crippen molar-refractivity contribution in [2.24, 2.45) is 0 Å². The van der Waals surface area contributed by atoms with E-state index in [2.05, 4.69) is 26.3 Å². The van der Waals surface area contributed by atoms with Gasteiger partial charge < -0.3 is 15.0 Å². The fraction of sp³-hybridized carbons (Fsp3) is 0.588. The molecule has 1 N–H and O–H groups in total. The molecule has 2 aliphatic rings. The summed E-state index contributed by atoms with van der Waals surface area (Å²) in [6.45, 7) is 3.65. The molecule has 1 aromatic heterocycles. The molecule has 0 bridgehead atoms. The van der Waals surface area contributed by atoms with Crippen LogP contribution in [0.2, 0.25) is 0 Å². The standard InChI is InChI=1S/C17H24N4O2/c22-17(18-7-6-14-4-2-1-3-5-14)15-12-16(20-13-19-15)21-8-10-23-11-9-21/h4,12-13H,1-3,5-11H2,(H,18,22). The average Bonchev–Trinajstić information content (AvgIpc) is 2.63. The lowest BCUT2D eigenvalue weighted by Crippen LogP contribution is -2.37. The highest BCUT2D eigenvalue weighted by Crippen LogP contribution is 2.19. The van der Waals surface area contributed by atoms with Gasteiger partial charge in [-0.05, 0) is 32.1 Å². The van der Waals surface area contributed by atoms with Gasteiger partial charge in [-0.25, -0.2) is 9.97 Å². The zero-order chi connectivity index (χ0) is 15.9. The van der Waals surface area contributed by atoms with Gasteiger partial charge >= 0.3 is 0 Å². The van der Waals surface area contributed by atoms with E-state index in [9.17, 15) is 4.79 Å². The molecule has 6 heteroatoms.